The smallest absolute Gasteiger partial charge is 0.295 e. The Labute approximate surface area is 144 Å². The molecule has 4 nitrogen and oxygen atoms in total. The average Bonchev–Trinajstić information content (AvgIpc) is 2.56. The predicted octanol–water partition coefficient (Wildman–Crippen LogP) is 5.22. The fraction of sp³-hybridized carbons (Fsp3) is 0.474. The molecule has 0 aromatic heterocycles. The number of hydrogen-bond acceptors (Lipinski definition) is 3. The molecule has 1 N–H and O–H groups in total. The van der Waals surface area contributed by atoms with Gasteiger partial charge in [0.1, 0.15) is 10.6 Å². The minimum atomic E-state index is -4.24. The normalized spacial score (nSPS) is 11.8. The first-order valence-electron chi connectivity index (χ1n) is 8.66. The number of hydrogen-bond donors (Lipinski definition) is 1. The standard InChI is InChI=1S/C19H26O4S/c1-2-3-4-5-6-7-10-15-23-18-13-14-19(24(20,21)22)17-12-9-8-11-16(17)18/h8-9,11-14H,2-7,10,15H2,1H3,(H,20,21,22). The van der Waals surface area contributed by atoms with Crippen molar-refractivity contribution >= 4 is 20.9 Å². The summed E-state index contributed by atoms with van der Waals surface area (Å²) in [6.07, 6.45) is 8.51. The third kappa shape index (κ3) is 5.21. The maximum atomic E-state index is 11.5. The molecule has 0 saturated heterocycles. The summed E-state index contributed by atoms with van der Waals surface area (Å²) in [5.41, 5.74) is 0. The van der Waals surface area contributed by atoms with Crippen molar-refractivity contribution in [2.24, 2.45) is 0 Å². The van der Waals surface area contributed by atoms with Gasteiger partial charge in [0, 0.05) is 10.8 Å². The van der Waals surface area contributed by atoms with Crippen molar-refractivity contribution in [1.29, 1.82) is 0 Å². The van der Waals surface area contributed by atoms with Crippen LogP contribution >= 0.6 is 0 Å². The molecule has 0 heterocycles. The quantitative estimate of drug-likeness (QED) is 0.471. The SMILES string of the molecule is CCCCCCCCCOc1ccc(S(=O)(=O)O)c2ccccc12. The highest BCUT2D eigenvalue weighted by Crippen LogP contribution is 2.31. The molecule has 0 unspecified atom stereocenters. The van der Waals surface area contributed by atoms with E-state index in [0.29, 0.717) is 23.1 Å². The van der Waals surface area contributed by atoms with Crippen LogP contribution in [0.1, 0.15) is 51.9 Å². The number of fused-ring (bicyclic) bond motifs is 1. The van der Waals surface area contributed by atoms with Gasteiger partial charge in [-0.1, -0.05) is 69.7 Å². The van der Waals surface area contributed by atoms with Crippen LogP contribution in [0.4, 0.5) is 0 Å². The van der Waals surface area contributed by atoms with Crippen LogP contribution in [0.25, 0.3) is 10.8 Å². The van der Waals surface area contributed by atoms with Crippen molar-refractivity contribution in [3.05, 3.63) is 36.4 Å². The molecule has 132 valence electrons. The van der Waals surface area contributed by atoms with E-state index < -0.39 is 10.1 Å². The topological polar surface area (TPSA) is 63.6 Å². The van der Waals surface area contributed by atoms with Crippen LogP contribution in [-0.2, 0) is 10.1 Å². The van der Waals surface area contributed by atoms with Gasteiger partial charge >= 0.3 is 0 Å². The zero-order chi connectivity index (χ0) is 17.4. The zero-order valence-electron chi connectivity index (χ0n) is 14.2. The molecule has 0 saturated carbocycles. The summed E-state index contributed by atoms with van der Waals surface area (Å²) in [5, 5.41) is 1.19. The van der Waals surface area contributed by atoms with Crippen molar-refractivity contribution in [3.63, 3.8) is 0 Å². The van der Waals surface area contributed by atoms with E-state index >= 15 is 0 Å². The number of unbranched alkanes of at least 4 members (excludes halogenated alkanes) is 6. The van der Waals surface area contributed by atoms with Gasteiger partial charge in [0.2, 0.25) is 0 Å². The van der Waals surface area contributed by atoms with Crippen LogP contribution in [0.3, 0.4) is 0 Å². The number of benzene rings is 2. The Morgan fingerprint density at radius 2 is 1.50 bits per heavy atom. The molecule has 2 rings (SSSR count). The van der Waals surface area contributed by atoms with Crippen LogP contribution in [0.15, 0.2) is 41.3 Å². The summed E-state index contributed by atoms with van der Waals surface area (Å²) < 4.78 is 38.1. The van der Waals surface area contributed by atoms with Crippen LogP contribution in [-0.4, -0.2) is 19.6 Å². The molecule has 5 heteroatoms. The summed E-state index contributed by atoms with van der Waals surface area (Å²) in [5.74, 6) is 0.656. The lowest BCUT2D eigenvalue weighted by Gasteiger charge is -2.11. The number of ether oxygens (including phenoxy) is 1. The summed E-state index contributed by atoms with van der Waals surface area (Å²) >= 11 is 0. The Kier molecular flexibility index (Phi) is 7.06. The number of rotatable bonds is 10. The maximum absolute atomic E-state index is 11.5. The lowest BCUT2D eigenvalue weighted by Crippen LogP contribution is -2.02. The van der Waals surface area contributed by atoms with Gasteiger partial charge in [0.15, 0.2) is 0 Å². The first-order chi connectivity index (χ1) is 11.5. The lowest BCUT2D eigenvalue weighted by atomic mass is 10.1. The molecule has 2 aromatic carbocycles. The van der Waals surface area contributed by atoms with E-state index in [1.807, 2.05) is 12.1 Å². The molecule has 24 heavy (non-hydrogen) atoms. The Morgan fingerprint density at radius 1 is 0.875 bits per heavy atom. The van der Waals surface area contributed by atoms with Gasteiger partial charge in [-0.05, 0) is 18.6 Å². The summed E-state index contributed by atoms with van der Waals surface area (Å²) in [6.45, 7) is 2.83. The van der Waals surface area contributed by atoms with Gasteiger partial charge in [-0.3, -0.25) is 4.55 Å². The second-order valence-electron chi connectivity index (χ2n) is 6.05. The average molecular weight is 350 g/mol. The molecule has 0 aliphatic carbocycles. The van der Waals surface area contributed by atoms with Crippen LogP contribution < -0.4 is 4.74 Å². The molecule has 0 spiro atoms. The third-order valence-electron chi connectivity index (χ3n) is 4.13. The van der Waals surface area contributed by atoms with Gasteiger partial charge in [0.25, 0.3) is 10.1 Å². The molecular weight excluding hydrogens is 324 g/mol. The molecule has 0 radical (unpaired) electrons. The highest BCUT2D eigenvalue weighted by molar-refractivity contribution is 7.86. The molecule has 0 aliphatic rings. The molecule has 2 aromatic rings. The van der Waals surface area contributed by atoms with Gasteiger partial charge in [-0.15, -0.1) is 0 Å². The molecule has 0 amide bonds. The van der Waals surface area contributed by atoms with E-state index in [2.05, 4.69) is 6.92 Å². The Balaban J connectivity index is 1.96. The Bertz CT molecular complexity index is 753. The van der Waals surface area contributed by atoms with E-state index in [4.69, 9.17) is 4.74 Å². The largest absolute Gasteiger partial charge is 0.493 e. The van der Waals surface area contributed by atoms with Crippen molar-refractivity contribution in [3.8, 4) is 5.75 Å². The molecule has 0 atom stereocenters. The monoisotopic (exact) mass is 350 g/mol. The maximum Gasteiger partial charge on any atom is 0.295 e. The molecule has 0 fully saturated rings. The van der Waals surface area contributed by atoms with E-state index in [1.165, 1.54) is 38.2 Å². The Morgan fingerprint density at radius 3 is 2.17 bits per heavy atom. The minimum absolute atomic E-state index is 0.0821. The molecule has 0 bridgehead atoms. The first-order valence-corrected chi connectivity index (χ1v) is 10.1. The van der Waals surface area contributed by atoms with Crippen molar-refractivity contribution in [2.75, 3.05) is 6.61 Å². The highest BCUT2D eigenvalue weighted by atomic mass is 32.2. The van der Waals surface area contributed by atoms with Crippen molar-refractivity contribution < 1.29 is 17.7 Å². The van der Waals surface area contributed by atoms with E-state index in [0.717, 1.165) is 12.8 Å². The third-order valence-corrected chi connectivity index (χ3v) is 5.04. The minimum Gasteiger partial charge on any atom is -0.493 e. The van der Waals surface area contributed by atoms with Gasteiger partial charge < -0.3 is 4.74 Å². The van der Waals surface area contributed by atoms with Gasteiger partial charge in [-0.2, -0.15) is 8.42 Å². The molecule has 0 aliphatic heterocycles. The van der Waals surface area contributed by atoms with Gasteiger partial charge in [-0.25, -0.2) is 0 Å². The predicted molar refractivity (Wildman–Crippen MR) is 97.3 cm³/mol. The fourth-order valence-corrected chi connectivity index (χ4v) is 3.53. The van der Waals surface area contributed by atoms with Gasteiger partial charge in [0.05, 0.1) is 6.61 Å². The van der Waals surface area contributed by atoms with E-state index in [9.17, 15) is 13.0 Å². The van der Waals surface area contributed by atoms with Crippen molar-refractivity contribution in [2.45, 2.75) is 56.8 Å². The summed E-state index contributed by atoms with van der Waals surface area (Å²) in [7, 11) is -4.24. The highest BCUT2D eigenvalue weighted by Gasteiger charge is 2.15. The zero-order valence-corrected chi connectivity index (χ0v) is 15.0. The first kappa shape index (κ1) is 18.7. The van der Waals surface area contributed by atoms with Crippen LogP contribution in [0.5, 0.6) is 5.75 Å². The van der Waals surface area contributed by atoms with Crippen molar-refractivity contribution in [1.82, 2.24) is 0 Å². The second-order valence-corrected chi connectivity index (χ2v) is 7.44. The Hall–Kier alpha value is -1.59. The summed E-state index contributed by atoms with van der Waals surface area (Å²) in [4.78, 5) is -0.0821. The van der Waals surface area contributed by atoms with Crippen LogP contribution in [0.2, 0.25) is 0 Å². The van der Waals surface area contributed by atoms with Crippen LogP contribution in [0, 0.1) is 0 Å². The second kappa shape index (κ2) is 9.04. The lowest BCUT2D eigenvalue weighted by molar-refractivity contribution is 0.307. The fourth-order valence-electron chi connectivity index (χ4n) is 2.84. The molecular formula is C19H26O4S. The van der Waals surface area contributed by atoms with E-state index in [1.54, 1.807) is 18.2 Å². The van der Waals surface area contributed by atoms with E-state index in [-0.39, 0.29) is 4.90 Å². The summed E-state index contributed by atoms with van der Waals surface area (Å²) in [6, 6.07) is 10.1.